The number of aliphatic imine (C=N–C) groups is 1. The number of benzene rings is 1. The highest BCUT2D eigenvalue weighted by Gasteiger charge is 2.24. The molecule has 0 aliphatic carbocycles. The Morgan fingerprint density at radius 1 is 1.12 bits per heavy atom. The van der Waals surface area contributed by atoms with Crippen molar-refractivity contribution >= 4 is 17.3 Å². The minimum absolute atomic E-state index is 0.433. The lowest BCUT2D eigenvalue weighted by Crippen LogP contribution is -2.42. The van der Waals surface area contributed by atoms with E-state index in [1.807, 2.05) is 24.5 Å². The summed E-state index contributed by atoms with van der Waals surface area (Å²) in [6.45, 7) is 4.06. The van der Waals surface area contributed by atoms with E-state index in [0.717, 1.165) is 19.0 Å². The molecule has 0 bridgehead atoms. The van der Waals surface area contributed by atoms with Gasteiger partial charge in [-0.3, -0.25) is 9.89 Å². The van der Waals surface area contributed by atoms with Gasteiger partial charge in [-0.2, -0.15) is 0 Å². The molecular weight excluding hydrogens is 316 g/mol. The van der Waals surface area contributed by atoms with Crippen LogP contribution in [0.2, 0.25) is 0 Å². The third-order valence-electron chi connectivity index (χ3n) is 4.44. The molecule has 4 nitrogen and oxygen atoms in total. The highest BCUT2D eigenvalue weighted by molar-refractivity contribution is 7.10. The van der Waals surface area contributed by atoms with Crippen molar-refractivity contribution in [3.63, 3.8) is 0 Å². The summed E-state index contributed by atoms with van der Waals surface area (Å²) in [5.41, 5.74) is 1.26. The van der Waals surface area contributed by atoms with E-state index in [2.05, 4.69) is 62.3 Å². The highest BCUT2D eigenvalue weighted by Crippen LogP contribution is 2.27. The number of hydrogen-bond acceptors (Lipinski definition) is 3. The summed E-state index contributed by atoms with van der Waals surface area (Å²) in [5.74, 6) is 0.861. The summed E-state index contributed by atoms with van der Waals surface area (Å²) in [7, 11) is 1.83. The van der Waals surface area contributed by atoms with Crippen LogP contribution in [0.25, 0.3) is 0 Å². The van der Waals surface area contributed by atoms with Gasteiger partial charge in [0.15, 0.2) is 5.96 Å². The molecule has 1 aromatic carbocycles. The fourth-order valence-electron chi connectivity index (χ4n) is 3.14. The third-order valence-corrected chi connectivity index (χ3v) is 5.42. The Morgan fingerprint density at radius 2 is 1.92 bits per heavy atom. The molecule has 1 aromatic heterocycles. The molecule has 128 valence electrons. The molecular formula is C19H26N4S. The first kappa shape index (κ1) is 17.0. The molecule has 1 fully saturated rings. The number of likely N-dealkylation sites (tertiary alicyclic amines) is 1. The van der Waals surface area contributed by atoms with Crippen molar-refractivity contribution in [2.75, 3.05) is 26.7 Å². The first-order valence-electron chi connectivity index (χ1n) is 8.62. The van der Waals surface area contributed by atoms with Gasteiger partial charge in [-0.15, -0.1) is 11.3 Å². The molecule has 2 N–H and O–H groups in total. The molecule has 0 saturated carbocycles. The lowest BCUT2D eigenvalue weighted by Gasteiger charge is -2.27. The van der Waals surface area contributed by atoms with Crippen LogP contribution < -0.4 is 10.6 Å². The second-order valence-corrected chi connectivity index (χ2v) is 7.05. The molecule has 5 heteroatoms. The Hall–Kier alpha value is -1.85. The maximum absolute atomic E-state index is 4.36. The summed E-state index contributed by atoms with van der Waals surface area (Å²) >= 11 is 1.85. The van der Waals surface area contributed by atoms with E-state index < -0.39 is 0 Å². The number of nitrogens with one attached hydrogen (secondary N) is 2. The number of guanidine groups is 1. The topological polar surface area (TPSA) is 39.7 Å². The van der Waals surface area contributed by atoms with Gasteiger partial charge in [-0.25, -0.2) is 0 Å². The van der Waals surface area contributed by atoms with Crippen LogP contribution in [0.15, 0.2) is 52.8 Å². The Bertz CT molecular complexity index is 618. The van der Waals surface area contributed by atoms with Gasteiger partial charge in [0.05, 0.1) is 6.04 Å². The van der Waals surface area contributed by atoms with Gasteiger partial charge >= 0.3 is 0 Å². The van der Waals surface area contributed by atoms with Crippen molar-refractivity contribution < 1.29 is 0 Å². The average molecular weight is 343 g/mol. The van der Waals surface area contributed by atoms with E-state index in [1.165, 1.54) is 36.4 Å². The van der Waals surface area contributed by atoms with Crippen molar-refractivity contribution in [2.24, 2.45) is 4.99 Å². The van der Waals surface area contributed by atoms with Crippen molar-refractivity contribution in [3.05, 3.63) is 58.3 Å². The Morgan fingerprint density at radius 3 is 2.58 bits per heavy atom. The molecule has 2 heterocycles. The van der Waals surface area contributed by atoms with Crippen molar-refractivity contribution in [1.82, 2.24) is 15.5 Å². The molecule has 1 atom stereocenters. The molecule has 1 unspecified atom stereocenters. The molecule has 24 heavy (non-hydrogen) atoms. The molecule has 0 radical (unpaired) electrons. The second kappa shape index (κ2) is 8.85. The van der Waals surface area contributed by atoms with Gasteiger partial charge in [0.1, 0.15) is 0 Å². The lowest BCUT2D eigenvalue weighted by molar-refractivity contribution is 0.249. The third kappa shape index (κ3) is 4.58. The molecule has 2 aromatic rings. The van der Waals surface area contributed by atoms with E-state index in [0.29, 0.717) is 6.04 Å². The zero-order chi connectivity index (χ0) is 16.6. The smallest absolute Gasteiger partial charge is 0.191 e. The van der Waals surface area contributed by atoms with Crippen LogP contribution in [0.1, 0.15) is 29.3 Å². The predicted octanol–water partition coefficient (Wildman–Crippen LogP) is 3.25. The Kier molecular flexibility index (Phi) is 6.26. The van der Waals surface area contributed by atoms with Crippen LogP contribution in [-0.4, -0.2) is 37.5 Å². The minimum Gasteiger partial charge on any atom is -0.354 e. The van der Waals surface area contributed by atoms with Gasteiger partial charge in [0, 0.05) is 25.0 Å². The summed E-state index contributed by atoms with van der Waals surface area (Å²) < 4.78 is 0. The molecule has 3 rings (SSSR count). The van der Waals surface area contributed by atoms with Crippen molar-refractivity contribution in [1.29, 1.82) is 0 Å². The average Bonchev–Trinajstić information content (AvgIpc) is 3.33. The van der Waals surface area contributed by atoms with E-state index in [1.54, 1.807) is 0 Å². The van der Waals surface area contributed by atoms with Crippen LogP contribution >= 0.6 is 11.3 Å². The van der Waals surface area contributed by atoms with Crippen LogP contribution in [-0.2, 0) is 6.54 Å². The first-order chi connectivity index (χ1) is 11.9. The zero-order valence-electron chi connectivity index (χ0n) is 14.2. The summed E-state index contributed by atoms with van der Waals surface area (Å²) in [4.78, 5) is 8.38. The Balaban J connectivity index is 1.56. The van der Waals surface area contributed by atoms with Gasteiger partial charge < -0.3 is 10.6 Å². The SMILES string of the molecule is CN=C(NCc1ccccc1)NCC(c1cccs1)N1CCCC1. The summed E-state index contributed by atoms with van der Waals surface area (Å²) in [6.07, 6.45) is 2.62. The maximum Gasteiger partial charge on any atom is 0.191 e. The van der Waals surface area contributed by atoms with Gasteiger partial charge in [0.2, 0.25) is 0 Å². The Labute approximate surface area is 148 Å². The summed E-state index contributed by atoms with van der Waals surface area (Å²) in [5, 5.41) is 9.08. The molecule has 1 aliphatic rings. The predicted molar refractivity (Wildman–Crippen MR) is 103 cm³/mol. The zero-order valence-corrected chi connectivity index (χ0v) is 15.1. The van der Waals surface area contributed by atoms with E-state index in [-0.39, 0.29) is 0 Å². The number of nitrogens with zero attached hydrogens (tertiary/aromatic N) is 2. The van der Waals surface area contributed by atoms with E-state index in [4.69, 9.17) is 0 Å². The van der Waals surface area contributed by atoms with E-state index >= 15 is 0 Å². The van der Waals surface area contributed by atoms with E-state index in [9.17, 15) is 0 Å². The maximum atomic E-state index is 4.36. The number of hydrogen-bond donors (Lipinski definition) is 2. The highest BCUT2D eigenvalue weighted by atomic mass is 32.1. The van der Waals surface area contributed by atoms with Gasteiger partial charge in [0.25, 0.3) is 0 Å². The standard InChI is InChI=1S/C19H26N4S/c1-20-19(21-14-16-8-3-2-4-9-16)22-15-17(18-10-7-13-24-18)23-11-5-6-12-23/h2-4,7-10,13,17H,5-6,11-12,14-15H2,1H3,(H2,20,21,22). The van der Waals surface area contributed by atoms with Crippen LogP contribution in [0.4, 0.5) is 0 Å². The molecule has 0 spiro atoms. The first-order valence-corrected chi connectivity index (χ1v) is 9.50. The number of rotatable bonds is 6. The minimum atomic E-state index is 0.433. The summed E-state index contributed by atoms with van der Waals surface area (Å²) in [6, 6.07) is 15.2. The fourth-order valence-corrected chi connectivity index (χ4v) is 4.00. The largest absolute Gasteiger partial charge is 0.354 e. The van der Waals surface area contributed by atoms with Crippen molar-refractivity contribution in [3.8, 4) is 0 Å². The van der Waals surface area contributed by atoms with Gasteiger partial charge in [-0.05, 0) is 42.9 Å². The quantitative estimate of drug-likeness (QED) is 0.625. The van der Waals surface area contributed by atoms with Crippen LogP contribution in [0.3, 0.4) is 0 Å². The number of thiophene rings is 1. The lowest BCUT2D eigenvalue weighted by atomic mass is 10.2. The van der Waals surface area contributed by atoms with Gasteiger partial charge in [-0.1, -0.05) is 36.4 Å². The fraction of sp³-hybridized carbons (Fsp3) is 0.421. The molecule has 0 amide bonds. The van der Waals surface area contributed by atoms with Crippen LogP contribution in [0, 0.1) is 0 Å². The monoisotopic (exact) mass is 342 g/mol. The molecule has 1 aliphatic heterocycles. The normalized spacial score (nSPS) is 17.0. The molecule has 1 saturated heterocycles. The van der Waals surface area contributed by atoms with Crippen LogP contribution in [0.5, 0.6) is 0 Å². The van der Waals surface area contributed by atoms with Crippen molar-refractivity contribution in [2.45, 2.75) is 25.4 Å². The second-order valence-electron chi connectivity index (χ2n) is 6.07.